The fourth-order valence-electron chi connectivity index (χ4n) is 2.79. The quantitative estimate of drug-likeness (QED) is 0.328. The molecule has 0 bridgehead atoms. The van der Waals surface area contributed by atoms with Crippen molar-refractivity contribution < 1.29 is 13.2 Å². The van der Waals surface area contributed by atoms with Crippen LogP contribution in [0.2, 0.25) is 0 Å². The molecule has 11 heteroatoms. The zero-order valence-corrected chi connectivity index (χ0v) is 19.7. The summed E-state index contributed by atoms with van der Waals surface area (Å²) in [5, 5.41) is 17.0. The smallest absolute Gasteiger partial charge is 0.263 e. The standard InChI is InChI=1S/C22H17N5O3S3/c1-30-18-4-2-3-15(11-18)20-14-32-21(26-20)16(12-23)13-25-17-5-7-19(8-6-17)33(28,29)27-22-24-9-10-31-22/h2-11,13-14,25H,1H3,(H,24,27). The summed E-state index contributed by atoms with van der Waals surface area (Å²) in [4.78, 5) is 8.60. The SMILES string of the molecule is COc1cccc(-c2csc(C(C#N)=CNc3ccc(S(=O)(=O)Nc4nccs4)cc3)n2)c1. The van der Waals surface area contributed by atoms with E-state index in [1.807, 2.05) is 29.6 Å². The van der Waals surface area contributed by atoms with Crippen molar-refractivity contribution in [3.05, 3.63) is 76.7 Å². The van der Waals surface area contributed by atoms with Gasteiger partial charge in [0.25, 0.3) is 10.0 Å². The van der Waals surface area contributed by atoms with Crippen LogP contribution in [0.5, 0.6) is 5.75 Å². The third kappa shape index (κ3) is 5.38. The maximum absolute atomic E-state index is 12.4. The number of sulfonamides is 1. The van der Waals surface area contributed by atoms with Crippen LogP contribution in [0.3, 0.4) is 0 Å². The van der Waals surface area contributed by atoms with Gasteiger partial charge < -0.3 is 10.1 Å². The topological polar surface area (TPSA) is 117 Å². The van der Waals surface area contributed by atoms with Crippen molar-refractivity contribution in [2.45, 2.75) is 4.90 Å². The Labute approximate surface area is 198 Å². The highest BCUT2D eigenvalue weighted by molar-refractivity contribution is 7.93. The average molecular weight is 496 g/mol. The molecule has 4 aromatic rings. The zero-order valence-electron chi connectivity index (χ0n) is 17.2. The van der Waals surface area contributed by atoms with Gasteiger partial charge in [0.05, 0.1) is 17.7 Å². The molecule has 0 unspecified atom stereocenters. The summed E-state index contributed by atoms with van der Waals surface area (Å²) in [7, 11) is -2.12. The lowest BCUT2D eigenvalue weighted by Gasteiger charge is -2.06. The molecular formula is C22H17N5O3S3. The number of ether oxygens (including phenoxy) is 1. The van der Waals surface area contributed by atoms with Crippen LogP contribution in [-0.2, 0) is 10.0 Å². The number of nitriles is 1. The van der Waals surface area contributed by atoms with Gasteiger partial charge in [-0.2, -0.15) is 5.26 Å². The number of methoxy groups -OCH3 is 1. The summed E-state index contributed by atoms with van der Waals surface area (Å²) in [5.41, 5.74) is 2.62. The zero-order chi connectivity index (χ0) is 23.3. The predicted octanol–water partition coefficient (Wildman–Crippen LogP) is 5.05. The highest BCUT2D eigenvalue weighted by atomic mass is 32.2. The van der Waals surface area contributed by atoms with E-state index in [1.54, 1.807) is 30.8 Å². The van der Waals surface area contributed by atoms with Gasteiger partial charge in [-0.05, 0) is 36.4 Å². The van der Waals surface area contributed by atoms with Gasteiger partial charge in [0.15, 0.2) is 5.13 Å². The second kappa shape index (κ2) is 9.83. The van der Waals surface area contributed by atoms with Gasteiger partial charge in [-0.1, -0.05) is 12.1 Å². The van der Waals surface area contributed by atoms with Crippen molar-refractivity contribution in [2.24, 2.45) is 0 Å². The van der Waals surface area contributed by atoms with Crippen molar-refractivity contribution in [1.29, 1.82) is 5.26 Å². The molecule has 8 nitrogen and oxygen atoms in total. The number of hydrogen-bond donors (Lipinski definition) is 2. The molecule has 33 heavy (non-hydrogen) atoms. The Hall–Kier alpha value is -3.72. The molecule has 0 amide bonds. The molecule has 4 rings (SSSR count). The molecule has 2 aromatic carbocycles. The van der Waals surface area contributed by atoms with Crippen LogP contribution in [0.25, 0.3) is 16.8 Å². The fourth-order valence-corrected chi connectivity index (χ4v) is 5.37. The molecule has 2 heterocycles. The molecule has 0 radical (unpaired) electrons. The largest absolute Gasteiger partial charge is 0.497 e. The molecule has 0 saturated heterocycles. The van der Waals surface area contributed by atoms with E-state index < -0.39 is 10.0 Å². The molecule has 0 atom stereocenters. The Morgan fingerprint density at radius 1 is 1.18 bits per heavy atom. The van der Waals surface area contributed by atoms with E-state index in [1.165, 1.54) is 41.0 Å². The van der Waals surface area contributed by atoms with Gasteiger partial charge in [-0.25, -0.2) is 18.4 Å². The number of nitrogens with zero attached hydrogens (tertiary/aromatic N) is 3. The number of thiazole rings is 2. The van der Waals surface area contributed by atoms with Crippen molar-refractivity contribution in [3.8, 4) is 23.1 Å². The normalized spacial score (nSPS) is 11.6. The van der Waals surface area contributed by atoms with Gasteiger partial charge in [-0.15, -0.1) is 22.7 Å². The summed E-state index contributed by atoms with van der Waals surface area (Å²) in [6, 6.07) is 15.9. The van der Waals surface area contributed by atoms with Crippen LogP contribution in [-0.4, -0.2) is 25.5 Å². The Kier molecular flexibility index (Phi) is 6.69. The fraction of sp³-hybridized carbons (Fsp3) is 0.0455. The maximum atomic E-state index is 12.4. The van der Waals surface area contributed by atoms with E-state index in [-0.39, 0.29) is 4.90 Å². The first-order valence-corrected chi connectivity index (χ1v) is 12.7. The molecule has 0 saturated carbocycles. The molecule has 2 aromatic heterocycles. The minimum atomic E-state index is -3.72. The van der Waals surface area contributed by atoms with E-state index in [9.17, 15) is 13.7 Å². The summed E-state index contributed by atoms with van der Waals surface area (Å²) in [5.74, 6) is 0.729. The monoisotopic (exact) mass is 495 g/mol. The Morgan fingerprint density at radius 2 is 2.00 bits per heavy atom. The van der Waals surface area contributed by atoms with E-state index in [4.69, 9.17) is 4.74 Å². The first kappa shape index (κ1) is 22.5. The average Bonchev–Trinajstić information content (AvgIpc) is 3.52. The summed E-state index contributed by atoms with van der Waals surface area (Å²) < 4.78 is 32.5. The first-order valence-electron chi connectivity index (χ1n) is 9.48. The Morgan fingerprint density at radius 3 is 2.70 bits per heavy atom. The highest BCUT2D eigenvalue weighted by Gasteiger charge is 2.15. The summed E-state index contributed by atoms with van der Waals surface area (Å²) in [6.45, 7) is 0. The lowest BCUT2D eigenvalue weighted by atomic mass is 10.1. The molecule has 0 spiro atoms. The molecule has 2 N–H and O–H groups in total. The second-order valence-electron chi connectivity index (χ2n) is 6.55. The lowest BCUT2D eigenvalue weighted by molar-refractivity contribution is 0.415. The third-order valence-electron chi connectivity index (χ3n) is 4.42. The minimum Gasteiger partial charge on any atom is -0.497 e. The number of anilines is 2. The van der Waals surface area contributed by atoms with Gasteiger partial charge in [0.1, 0.15) is 22.4 Å². The molecule has 0 aliphatic rings. The van der Waals surface area contributed by atoms with Crippen molar-refractivity contribution in [3.63, 3.8) is 0 Å². The number of allylic oxidation sites excluding steroid dienone is 1. The first-order chi connectivity index (χ1) is 16.0. The van der Waals surface area contributed by atoms with Crippen LogP contribution < -0.4 is 14.8 Å². The highest BCUT2D eigenvalue weighted by Crippen LogP contribution is 2.28. The maximum Gasteiger partial charge on any atom is 0.263 e. The van der Waals surface area contributed by atoms with E-state index in [0.717, 1.165) is 17.0 Å². The number of rotatable bonds is 8. The Balaban J connectivity index is 1.48. The van der Waals surface area contributed by atoms with Crippen molar-refractivity contribution in [1.82, 2.24) is 9.97 Å². The van der Waals surface area contributed by atoms with Gasteiger partial charge >= 0.3 is 0 Å². The van der Waals surface area contributed by atoms with E-state index in [0.29, 0.717) is 21.4 Å². The Bertz CT molecular complexity index is 1420. The van der Waals surface area contributed by atoms with Crippen LogP contribution in [0.15, 0.2) is 76.6 Å². The molecular weight excluding hydrogens is 478 g/mol. The van der Waals surface area contributed by atoms with E-state index >= 15 is 0 Å². The summed E-state index contributed by atoms with van der Waals surface area (Å²) >= 11 is 2.56. The van der Waals surface area contributed by atoms with Crippen LogP contribution in [0, 0.1) is 11.3 Å². The third-order valence-corrected chi connectivity index (χ3v) is 7.47. The molecule has 0 aliphatic heterocycles. The number of nitrogens with one attached hydrogen (secondary N) is 2. The van der Waals surface area contributed by atoms with Crippen LogP contribution in [0.4, 0.5) is 10.8 Å². The number of benzene rings is 2. The van der Waals surface area contributed by atoms with Gasteiger partial charge in [-0.3, -0.25) is 4.72 Å². The lowest BCUT2D eigenvalue weighted by Crippen LogP contribution is -2.12. The van der Waals surface area contributed by atoms with Gasteiger partial charge in [0, 0.05) is 34.4 Å². The molecule has 0 fully saturated rings. The number of hydrogen-bond acceptors (Lipinski definition) is 9. The number of aromatic nitrogens is 2. The second-order valence-corrected chi connectivity index (χ2v) is 9.99. The van der Waals surface area contributed by atoms with Crippen LogP contribution in [0.1, 0.15) is 5.01 Å². The summed E-state index contributed by atoms with van der Waals surface area (Å²) in [6.07, 6.45) is 3.07. The van der Waals surface area contributed by atoms with Crippen LogP contribution >= 0.6 is 22.7 Å². The van der Waals surface area contributed by atoms with E-state index in [2.05, 4.69) is 26.1 Å². The predicted molar refractivity (Wildman–Crippen MR) is 131 cm³/mol. The molecule has 166 valence electrons. The molecule has 0 aliphatic carbocycles. The van der Waals surface area contributed by atoms with Crippen molar-refractivity contribution in [2.75, 3.05) is 17.1 Å². The van der Waals surface area contributed by atoms with Crippen molar-refractivity contribution >= 4 is 49.1 Å². The van der Waals surface area contributed by atoms with Gasteiger partial charge in [0.2, 0.25) is 0 Å². The minimum absolute atomic E-state index is 0.107.